The molecule has 1 atom stereocenters. The van der Waals surface area contributed by atoms with Crippen molar-refractivity contribution in [3.8, 4) is 10.4 Å². The number of nitrogens with zero attached hydrogens (tertiary/aromatic N) is 3. The van der Waals surface area contributed by atoms with Gasteiger partial charge in [-0.3, -0.25) is 4.79 Å². The molecule has 3 aromatic heterocycles. The van der Waals surface area contributed by atoms with E-state index >= 15 is 0 Å². The first kappa shape index (κ1) is 25.6. The molecule has 1 saturated carbocycles. The summed E-state index contributed by atoms with van der Waals surface area (Å²) in [4.78, 5) is 24.9. The average molecular weight is 518 g/mol. The second-order valence-corrected chi connectivity index (χ2v) is 9.77. The lowest BCUT2D eigenvalue weighted by Crippen LogP contribution is -2.13. The normalized spacial score (nSPS) is 15.2. The van der Waals surface area contributed by atoms with Crippen molar-refractivity contribution < 1.29 is 23.1 Å². The quantitative estimate of drug-likeness (QED) is 0.241. The first-order chi connectivity index (χ1) is 17.3. The number of hydrogen-bond acceptors (Lipinski definition) is 6. The Hall–Kier alpha value is -3.47. The summed E-state index contributed by atoms with van der Waals surface area (Å²) in [6, 6.07) is 6.62. The predicted molar refractivity (Wildman–Crippen MR) is 133 cm³/mol. The van der Waals surface area contributed by atoms with Crippen molar-refractivity contribution in [2.24, 2.45) is 5.92 Å². The van der Waals surface area contributed by atoms with Crippen LogP contribution in [0.1, 0.15) is 55.6 Å². The summed E-state index contributed by atoms with van der Waals surface area (Å²) in [6.45, 7) is 2.02. The Labute approximate surface area is 209 Å². The maximum atomic E-state index is 13.0. The molecular weight excluding hydrogens is 491 g/mol. The minimum absolute atomic E-state index is 0.0994. The van der Waals surface area contributed by atoms with Gasteiger partial charge in [-0.1, -0.05) is 26.2 Å². The Balaban J connectivity index is 0.000000967. The molecule has 3 heterocycles. The van der Waals surface area contributed by atoms with Gasteiger partial charge in [-0.25, -0.2) is 15.0 Å². The number of hydrogen-bond donors (Lipinski definition) is 3. The lowest BCUT2D eigenvalue weighted by molar-refractivity contribution is -0.141. The molecule has 4 aromatic rings. The lowest BCUT2D eigenvalue weighted by Gasteiger charge is -2.26. The topological polar surface area (TPSA) is 104 Å². The molecule has 11 heteroatoms. The van der Waals surface area contributed by atoms with E-state index in [4.69, 9.17) is 14.9 Å². The van der Waals surface area contributed by atoms with Crippen molar-refractivity contribution in [1.82, 2.24) is 19.9 Å². The highest BCUT2D eigenvalue weighted by Gasteiger charge is 2.32. The minimum atomic E-state index is -4.53. The van der Waals surface area contributed by atoms with Gasteiger partial charge in [-0.2, -0.15) is 13.2 Å². The molecule has 1 aliphatic carbocycles. The van der Waals surface area contributed by atoms with E-state index in [1.807, 2.05) is 30.6 Å². The zero-order valence-corrected chi connectivity index (χ0v) is 20.4. The van der Waals surface area contributed by atoms with Gasteiger partial charge in [0.05, 0.1) is 9.88 Å². The summed E-state index contributed by atoms with van der Waals surface area (Å²) < 4.78 is 39.1. The van der Waals surface area contributed by atoms with E-state index in [1.165, 1.54) is 32.1 Å². The van der Waals surface area contributed by atoms with Crippen molar-refractivity contribution >= 4 is 40.3 Å². The highest BCUT2D eigenvalue weighted by Crippen LogP contribution is 2.41. The number of thiazole rings is 1. The van der Waals surface area contributed by atoms with Gasteiger partial charge in [0.2, 0.25) is 5.95 Å². The van der Waals surface area contributed by atoms with Crippen LogP contribution in [0.5, 0.6) is 0 Å². The van der Waals surface area contributed by atoms with Crippen LogP contribution < -0.4 is 5.32 Å². The van der Waals surface area contributed by atoms with Crippen molar-refractivity contribution in [3.05, 3.63) is 53.6 Å². The fraction of sp³-hybridized carbons (Fsp3) is 0.360. The molecule has 7 nitrogen and oxygen atoms in total. The van der Waals surface area contributed by atoms with Gasteiger partial charge in [0.25, 0.3) is 6.47 Å². The molecule has 190 valence electrons. The molecule has 0 spiro atoms. The smallest absolute Gasteiger partial charge is 0.433 e. The maximum absolute atomic E-state index is 13.0. The SMILES string of the molecule is CC(c1ncc(-c2cc(Nc3nccc(C(F)(F)F)n3)cc3[nH]ccc23)s1)C1CCCCC1.O=CO. The molecule has 0 amide bonds. The average Bonchev–Trinajstić information content (AvgIpc) is 3.54. The van der Waals surface area contributed by atoms with Gasteiger partial charge >= 0.3 is 6.18 Å². The summed E-state index contributed by atoms with van der Waals surface area (Å²) in [5.41, 5.74) is 1.47. The summed E-state index contributed by atoms with van der Waals surface area (Å²) in [6.07, 6.45) is 6.77. The monoisotopic (exact) mass is 517 g/mol. The van der Waals surface area contributed by atoms with Gasteiger partial charge in [-0.05, 0) is 43.0 Å². The van der Waals surface area contributed by atoms with E-state index in [0.29, 0.717) is 17.5 Å². The first-order valence-corrected chi connectivity index (χ1v) is 12.4. The molecule has 1 fully saturated rings. The third-order valence-corrected chi connectivity index (χ3v) is 7.64. The van der Waals surface area contributed by atoms with Crippen LogP contribution in [0.25, 0.3) is 21.3 Å². The Bertz CT molecular complexity index is 1310. The van der Waals surface area contributed by atoms with Crippen LogP contribution in [0.15, 0.2) is 42.9 Å². The Morgan fingerprint density at radius 1 is 1.19 bits per heavy atom. The molecular formula is C25H26F3N5O2S. The van der Waals surface area contributed by atoms with Crippen LogP contribution in [-0.4, -0.2) is 31.5 Å². The number of aromatic nitrogens is 4. The highest BCUT2D eigenvalue weighted by atomic mass is 32.1. The van der Waals surface area contributed by atoms with E-state index < -0.39 is 11.9 Å². The summed E-state index contributed by atoms with van der Waals surface area (Å²) >= 11 is 1.69. The van der Waals surface area contributed by atoms with Gasteiger partial charge in [0.1, 0.15) is 5.69 Å². The zero-order chi connectivity index (χ0) is 25.7. The largest absolute Gasteiger partial charge is 0.483 e. The van der Waals surface area contributed by atoms with Crippen molar-refractivity contribution in [2.75, 3.05) is 5.32 Å². The fourth-order valence-corrected chi connectivity index (χ4v) is 5.70. The first-order valence-electron chi connectivity index (χ1n) is 11.6. The molecule has 0 bridgehead atoms. The van der Waals surface area contributed by atoms with E-state index in [-0.39, 0.29) is 12.4 Å². The number of rotatable bonds is 5. The van der Waals surface area contributed by atoms with Crippen LogP contribution in [0.4, 0.5) is 24.8 Å². The second kappa shape index (κ2) is 11.1. The standard InChI is InChI=1S/C24H24F3N5S.CH2O2/c1-14(15-5-3-2-4-6-15)22-30-13-20(33-22)18-11-16(12-19-17(18)7-9-28-19)31-23-29-10-8-21(32-23)24(25,26)27;2-1-3/h7-15,28H,2-6H2,1H3,(H,29,31,32);1H,(H,2,3). The molecule has 0 radical (unpaired) electrons. The van der Waals surface area contributed by atoms with Crippen molar-refractivity contribution in [1.29, 1.82) is 0 Å². The number of carbonyl (C=O) groups is 1. The Morgan fingerprint density at radius 2 is 1.94 bits per heavy atom. The lowest BCUT2D eigenvalue weighted by atomic mass is 9.81. The molecule has 0 saturated heterocycles. The third-order valence-electron chi connectivity index (χ3n) is 6.41. The zero-order valence-electron chi connectivity index (χ0n) is 19.5. The second-order valence-electron chi connectivity index (χ2n) is 8.71. The summed E-state index contributed by atoms with van der Waals surface area (Å²) in [5, 5.41) is 12.0. The summed E-state index contributed by atoms with van der Waals surface area (Å²) in [7, 11) is 0. The van der Waals surface area contributed by atoms with Gasteiger partial charge in [0.15, 0.2) is 0 Å². The molecule has 1 unspecified atom stereocenters. The van der Waals surface area contributed by atoms with E-state index in [1.54, 1.807) is 11.3 Å². The van der Waals surface area contributed by atoms with Crippen LogP contribution >= 0.6 is 11.3 Å². The number of anilines is 2. The third kappa shape index (κ3) is 5.84. The Kier molecular flexibility index (Phi) is 7.88. The number of nitrogens with one attached hydrogen (secondary N) is 2. The van der Waals surface area contributed by atoms with Gasteiger partial charge in [0, 0.05) is 46.7 Å². The molecule has 5 rings (SSSR count). The predicted octanol–water partition coefficient (Wildman–Crippen LogP) is 7.23. The van der Waals surface area contributed by atoms with E-state index in [0.717, 1.165) is 38.6 Å². The van der Waals surface area contributed by atoms with Crippen molar-refractivity contribution in [3.63, 3.8) is 0 Å². The summed E-state index contributed by atoms with van der Waals surface area (Å²) in [5.74, 6) is 0.999. The number of alkyl halides is 3. The molecule has 1 aromatic carbocycles. The molecule has 0 aliphatic heterocycles. The number of halogens is 3. The van der Waals surface area contributed by atoms with Gasteiger partial charge in [-0.15, -0.1) is 11.3 Å². The highest BCUT2D eigenvalue weighted by molar-refractivity contribution is 7.15. The van der Waals surface area contributed by atoms with Crippen molar-refractivity contribution in [2.45, 2.75) is 51.1 Å². The number of carboxylic acid groups (broad SMARTS) is 1. The molecule has 1 aliphatic rings. The van der Waals surface area contributed by atoms with Crippen LogP contribution in [0.2, 0.25) is 0 Å². The Morgan fingerprint density at radius 3 is 2.67 bits per heavy atom. The number of benzene rings is 1. The minimum Gasteiger partial charge on any atom is -0.483 e. The van der Waals surface area contributed by atoms with E-state index in [9.17, 15) is 13.2 Å². The van der Waals surface area contributed by atoms with Gasteiger partial charge < -0.3 is 15.4 Å². The molecule has 3 N–H and O–H groups in total. The number of H-pyrrole nitrogens is 1. The number of aromatic amines is 1. The maximum Gasteiger partial charge on any atom is 0.433 e. The van der Waals surface area contributed by atoms with Crippen LogP contribution in [0.3, 0.4) is 0 Å². The fourth-order valence-electron chi connectivity index (χ4n) is 4.61. The number of fused-ring (bicyclic) bond motifs is 1. The molecule has 36 heavy (non-hydrogen) atoms. The van der Waals surface area contributed by atoms with Crippen LogP contribution in [0, 0.1) is 5.92 Å². The van der Waals surface area contributed by atoms with E-state index in [2.05, 4.69) is 27.2 Å². The van der Waals surface area contributed by atoms with Crippen LogP contribution in [-0.2, 0) is 11.0 Å².